The summed E-state index contributed by atoms with van der Waals surface area (Å²) in [7, 11) is -0.829. The number of hydrogen-bond donors (Lipinski definition) is 1. The van der Waals surface area contributed by atoms with Crippen LogP contribution >= 0.6 is 0 Å². The topological polar surface area (TPSA) is 102 Å². The SMILES string of the molecule is CNS(=O)(=O)c1ccc(N2CCC(C)C(OC)C2)c([N+](=O)[O-])c1. The third-order valence-electron chi connectivity index (χ3n) is 4.26. The first-order valence-corrected chi connectivity index (χ1v) is 8.78. The molecule has 0 aliphatic carbocycles. The zero-order valence-electron chi connectivity index (χ0n) is 13.4. The fourth-order valence-corrected chi connectivity index (χ4v) is 3.51. The lowest BCUT2D eigenvalue weighted by molar-refractivity contribution is -0.384. The van der Waals surface area contributed by atoms with Crippen LogP contribution in [0.25, 0.3) is 0 Å². The number of nitrogens with zero attached hydrogens (tertiary/aromatic N) is 2. The predicted molar refractivity (Wildman–Crippen MR) is 86.1 cm³/mol. The first-order valence-electron chi connectivity index (χ1n) is 7.30. The minimum Gasteiger partial charge on any atom is -0.379 e. The van der Waals surface area contributed by atoms with E-state index in [2.05, 4.69) is 11.6 Å². The first kappa shape index (κ1) is 17.6. The average molecular weight is 343 g/mol. The molecular weight excluding hydrogens is 322 g/mol. The van der Waals surface area contributed by atoms with Crippen molar-refractivity contribution in [3.05, 3.63) is 28.3 Å². The summed E-state index contributed by atoms with van der Waals surface area (Å²) in [6.45, 7) is 3.29. The van der Waals surface area contributed by atoms with Crippen LogP contribution in [0.2, 0.25) is 0 Å². The monoisotopic (exact) mass is 343 g/mol. The highest BCUT2D eigenvalue weighted by Gasteiger charge is 2.30. The smallest absolute Gasteiger partial charge is 0.293 e. The van der Waals surface area contributed by atoms with Crippen LogP contribution in [-0.2, 0) is 14.8 Å². The molecule has 1 aromatic carbocycles. The maximum absolute atomic E-state index is 11.8. The van der Waals surface area contributed by atoms with E-state index in [-0.39, 0.29) is 16.7 Å². The van der Waals surface area contributed by atoms with Gasteiger partial charge in [0.15, 0.2) is 0 Å². The molecule has 1 aliphatic heterocycles. The quantitative estimate of drug-likeness (QED) is 0.640. The van der Waals surface area contributed by atoms with E-state index in [0.29, 0.717) is 24.7 Å². The largest absolute Gasteiger partial charge is 0.379 e. The van der Waals surface area contributed by atoms with E-state index in [4.69, 9.17) is 4.74 Å². The van der Waals surface area contributed by atoms with Gasteiger partial charge in [-0.05, 0) is 31.5 Å². The van der Waals surface area contributed by atoms with Crippen LogP contribution in [0.5, 0.6) is 0 Å². The van der Waals surface area contributed by atoms with Gasteiger partial charge < -0.3 is 9.64 Å². The highest BCUT2D eigenvalue weighted by atomic mass is 32.2. The Hall–Kier alpha value is -1.71. The number of nitrogens with one attached hydrogen (secondary N) is 1. The Morgan fingerprint density at radius 3 is 2.70 bits per heavy atom. The molecule has 0 saturated carbocycles. The van der Waals surface area contributed by atoms with Crippen molar-refractivity contribution in [2.75, 3.05) is 32.1 Å². The molecule has 0 aromatic heterocycles. The Balaban J connectivity index is 2.41. The summed E-state index contributed by atoms with van der Waals surface area (Å²) >= 11 is 0. The molecule has 23 heavy (non-hydrogen) atoms. The second kappa shape index (κ2) is 6.81. The molecular formula is C14H21N3O5S. The van der Waals surface area contributed by atoms with Crippen LogP contribution < -0.4 is 9.62 Å². The zero-order valence-corrected chi connectivity index (χ0v) is 14.2. The summed E-state index contributed by atoms with van der Waals surface area (Å²) in [6.07, 6.45) is 0.843. The molecule has 1 fully saturated rings. The Kier molecular flexibility index (Phi) is 5.23. The highest BCUT2D eigenvalue weighted by molar-refractivity contribution is 7.89. The van der Waals surface area contributed by atoms with Crippen molar-refractivity contribution in [1.29, 1.82) is 0 Å². The summed E-state index contributed by atoms with van der Waals surface area (Å²) in [4.78, 5) is 12.6. The van der Waals surface area contributed by atoms with Crippen molar-refractivity contribution in [1.82, 2.24) is 4.72 Å². The van der Waals surface area contributed by atoms with Gasteiger partial charge in [0.25, 0.3) is 5.69 Å². The molecule has 128 valence electrons. The zero-order chi connectivity index (χ0) is 17.2. The first-order chi connectivity index (χ1) is 10.8. The number of nitro groups is 1. The van der Waals surface area contributed by atoms with E-state index in [9.17, 15) is 18.5 Å². The van der Waals surface area contributed by atoms with Crippen molar-refractivity contribution < 1.29 is 18.1 Å². The third-order valence-corrected chi connectivity index (χ3v) is 5.67. The lowest BCUT2D eigenvalue weighted by Crippen LogP contribution is -2.44. The minimum atomic E-state index is -3.72. The van der Waals surface area contributed by atoms with Crippen molar-refractivity contribution in [2.45, 2.75) is 24.3 Å². The van der Waals surface area contributed by atoms with Gasteiger partial charge in [-0.25, -0.2) is 13.1 Å². The van der Waals surface area contributed by atoms with Crippen molar-refractivity contribution >= 4 is 21.4 Å². The number of nitro benzene ring substituents is 1. The Bertz CT molecular complexity index is 692. The van der Waals surface area contributed by atoms with E-state index in [1.54, 1.807) is 7.11 Å². The highest BCUT2D eigenvalue weighted by Crippen LogP contribution is 2.33. The number of benzene rings is 1. The van der Waals surface area contributed by atoms with Gasteiger partial charge in [-0.15, -0.1) is 0 Å². The van der Waals surface area contributed by atoms with E-state index >= 15 is 0 Å². The Morgan fingerprint density at radius 1 is 1.43 bits per heavy atom. The number of sulfonamides is 1. The molecule has 1 N–H and O–H groups in total. The van der Waals surface area contributed by atoms with Gasteiger partial charge in [-0.1, -0.05) is 6.92 Å². The molecule has 2 unspecified atom stereocenters. The fourth-order valence-electron chi connectivity index (χ4n) is 2.76. The summed E-state index contributed by atoms with van der Waals surface area (Å²) < 4.78 is 31.3. The van der Waals surface area contributed by atoms with Crippen LogP contribution in [0.3, 0.4) is 0 Å². The van der Waals surface area contributed by atoms with Gasteiger partial charge in [-0.2, -0.15) is 0 Å². The van der Waals surface area contributed by atoms with Gasteiger partial charge >= 0.3 is 0 Å². The lowest BCUT2D eigenvalue weighted by Gasteiger charge is -2.37. The second-order valence-corrected chi connectivity index (χ2v) is 7.49. The molecule has 8 nitrogen and oxygen atoms in total. The molecule has 0 spiro atoms. The lowest BCUT2D eigenvalue weighted by atomic mass is 9.95. The van der Waals surface area contributed by atoms with Crippen LogP contribution in [0.15, 0.2) is 23.1 Å². The summed E-state index contributed by atoms with van der Waals surface area (Å²) in [5.41, 5.74) is 0.199. The molecule has 0 amide bonds. The Morgan fingerprint density at radius 2 is 2.13 bits per heavy atom. The van der Waals surface area contributed by atoms with E-state index < -0.39 is 14.9 Å². The molecule has 2 atom stereocenters. The number of anilines is 1. The molecule has 1 heterocycles. The van der Waals surface area contributed by atoms with Crippen LogP contribution in [-0.4, -0.2) is 46.7 Å². The molecule has 1 saturated heterocycles. The second-order valence-electron chi connectivity index (χ2n) is 5.60. The van der Waals surface area contributed by atoms with Gasteiger partial charge in [0.05, 0.1) is 15.9 Å². The van der Waals surface area contributed by atoms with Gasteiger partial charge in [0, 0.05) is 26.3 Å². The summed E-state index contributed by atoms with van der Waals surface area (Å²) in [5, 5.41) is 11.4. The number of hydrogen-bond acceptors (Lipinski definition) is 6. The maximum Gasteiger partial charge on any atom is 0.293 e. The molecule has 0 radical (unpaired) electrons. The number of piperidine rings is 1. The fraction of sp³-hybridized carbons (Fsp3) is 0.571. The van der Waals surface area contributed by atoms with E-state index in [0.717, 1.165) is 12.5 Å². The van der Waals surface area contributed by atoms with Crippen LogP contribution in [0, 0.1) is 16.0 Å². The Labute approximate surface area is 135 Å². The van der Waals surface area contributed by atoms with Crippen LogP contribution in [0.1, 0.15) is 13.3 Å². The standard InChI is InChI=1S/C14H21N3O5S/c1-10-6-7-16(9-14(10)22-3)12-5-4-11(23(20,21)15-2)8-13(12)17(18)19/h4-5,8,10,14-15H,6-7,9H2,1-3H3. The minimum absolute atomic E-state index is 0.0101. The van der Waals surface area contributed by atoms with E-state index in [1.165, 1.54) is 19.2 Å². The number of methoxy groups -OCH3 is 1. The number of rotatable bonds is 5. The molecule has 0 bridgehead atoms. The van der Waals surface area contributed by atoms with Crippen LogP contribution in [0.4, 0.5) is 11.4 Å². The van der Waals surface area contributed by atoms with Gasteiger partial charge in [-0.3, -0.25) is 10.1 Å². The molecule has 1 aliphatic rings. The normalized spacial score (nSPS) is 22.1. The van der Waals surface area contributed by atoms with E-state index in [1.807, 2.05) is 4.90 Å². The third kappa shape index (κ3) is 3.62. The van der Waals surface area contributed by atoms with Gasteiger partial charge in [0.2, 0.25) is 10.0 Å². The van der Waals surface area contributed by atoms with Gasteiger partial charge in [0.1, 0.15) is 5.69 Å². The predicted octanol–water partition coefficient (Wildman–Crippen LogP) is 1.36. The van der Waals surface area contributed by atoms with Crippen molar-refractivity contribution in [2.24, 2.45) is 5.92 Å². The summed E-state index contributed by atoms with van der Waals surface area (Å²) in [6, 6.07) is 3.97. The average Bonchev–Trinajstić information content (AvgIpc) is 2.54. The maximum atomic E-state index is 11.8. The molecule has 9 heteroatoms. The van der Waals surface area contributed by atoms with Crippen molar-refractivity contribution in [3.63, 3.8) is 0 Å². The van der Waals surface area contributed by atoms with Crippen molar-refractivity contribution in [3.8, 4) is 0 Å². The summed E-state index contributed by atoms with van der Waals surface area (Å²) in [5.74, 6) is 0.374. The molecule has 2 rings (SSSR count). The molecule has 1 aromatic rings. The number of ether oxygens (including phenoxy) is 1.